The molecule has 712 valence electrons. The van der Waals surface area contributed by atoms with E-state index in [0.29, 0.717) is 58.5 Å². The molecule has 0 aliphatic carbocycles. The molecular formula is C102H134ClF9N14O5. The van der Waals surface area contributed by atoms with Gasteiger partial charge >= 0.3 is 24.5 Å². The van der Waals surface area contributed by atoms with E-state index in [1.165, 1.54) is 40.9 Å². The molecule has 131 heavy (non-hydrogen) atoms. The number of rotatable bonds is 12. The number of fused-ring (bicyclic) bond motifs is 1. The number of aliphatic hydroxyl groups excluding tert-OH is 1. The molecule has 1 unspecified atom stereocenters. The molecule has 0 spiro atoms. The molecule has 0 saturated heterocycles. The Bertz CT molecular complexity index is 5180. The van der Waals surface area contributed by atoms with Gasteiger partial charge in [0.1, 0.15) is 39.7 Å². The van der Waals surface area contributed by atoms with Gasteiger partial charge in [0.2, 0.25) is 11.4 Å². The van der Waals surface area contributed by atoms with Crippen molar-refractivity contribution in [1.82, 2.24) is 69.8 Å². The van der Waals surface area contributed by atoms with Crippen LogP contribution in [0.1, 0.15) is 342 Å². The monoisotopic (exact) mass is 1840 g/mol. The van der Waals surface area contributed by atoms with Crippen LogP contribution in [0.25, 0.3) is 10.9 Å². The molecule has 2 N–H and O–H groups in total. The fraction of sp³-hybridized carbons (Fsp3) is 0.441. The van der Waals surface area contributed by atoms with Gasteiger partial charge in [-0.15, -0.1) is 0 Å². The zero-order chi connectivity index (χ0) is 99.5. The van der Waals surface area contributed by atoms with E-state index in [9.17, 15) is 54.2 Å². The van der Waals surface area contributed by atoms with Crippen molar-refractivity contribution in [3.05, 3.63) is 319 Å². The van der Waals surface area contributed by atoms with Gasteiger partial charge in [-0.1, -0.05) is 245 Å². The molecule has 29 heteroatoms. The summed E-state index contributed by atoms with van der Waals surface area (Å²) in [5.74, 6) is 4.88. The van der Waals surface area contributed by atoms with Gasteiger partial charge in [0, 0.05) is 136 Å². The molecule has 0 aliphatic heterocycles. The van der Waals surface area contributed by atoms with E-state index in [-0.39, 0.29) is 51.4 Å². The van der Waals surface area contributed by atoms with Crippen molar-refractivity contribution in [2.24, 2.45) is 0 Å². The summed E-state index contributed by atoms with van der Waals surface area (Å²) in [6.45, 7) is 56.9. The number of alkyl halides is 9. The predicted molar refractivity (Wildman–Crippen MR) is 507 cm³/mol. The minimum absolute atomic E-state index is 0.00713. The number of methoxy groups -OCH3 is 1. The number of aromatic amines is 1. The molecule has 1 atom stereocenters. The largest absolute Gasteiger partial charge is 0.481 e. The molecule has 11 aromatic heterocycles. The number of aromatic nitrogens is 14. The number of halogens is 10. The molecule has 0 saturated carbocycles. The van der Waals surface area contributed by atoms with E-state index in [1.54, 1.807) is 84.0 Å². The number of nitrogens with zero attached hydrogens (tertiary/aromatic N) is 13. The maximum absolute atomic E-state index is 12.2. The quantitative estimate of drug-likeness (QED) is 0.0654. The number of aliphatic hydroxyl groups is 1. The lowest BCUT2D eigenvalue weighted by Gasteiger charge is -2.17. The van der Waals surface area contributed by atoms with Crippen LogP contribution in [0.15, 0.2) is 212 Å². The highest BCUT2D eigenvalue weighted by molar-refractivity contribution is 6.29. The number of benzene rings is 1. The second kappa shape index (κ2) is 55.7. The Morgan fingerprint density at radius 1 is 0.397 bits per heavy atom. The molecule has 12 rings (SSSR count). The first-order chi connectivity index (χ1) is 60.8. The summed E-state index contributed by atoms with van der Waals surface area (Å²) in [7, 11) is 1.62. The average molecular weight is 1840 g/mol. The number of carbonyl (C=O) groups excluding carboxylic acids is 1. The van der Waals surface area contributed by atoms with Crippen LogP contribution < -0.4 is 10.3 Å². The van der Waals surface area contributed by atoms with Gasteiger partial charge in [-0.05, 0) is 157 Å². The molecule has 0 bridgehead atoms. The van der Waals surface area contributed by atoms with Gasteiger partial charge < -0.3 is 19.6 Å². The third-order valence-corrected chi connectivity index (χ3v) is 18.4. The van der Waals surface area contributed by atoms with Crippen molar-refractivity contribution >= 4 is 28.5 Å². The van der Waals surface area contributed by atoms with Crippen LogP contribution in [-0.2, 0) is 39.5 Å². The molecule has 0 fully saturated rings. The zero-order valence-corrected chi connectivity index (χ0v) is 82.0. The highest BCUT2D eigenvalue weighted by atomic mass is 35.5. The second-order valence-corrected chi connectivity index (χ2v) is 36.0. The molecule has 1 aromatic carbocycles. The van der Waals surface area contributed by atoms with Crippen LogP contribution in [-0.4, -0.2) is 94.6 Å². The summed E-state index contributed by atoms with van der Waals surface area (Å²) in [6, 6.07) is 44.0. The Labute approximate surface area is 774 Å². The van der Waals surface area contributed by atoms with Crippen LogP contribution in [0.2, 0.25) is 5.15 Å². The van der Waals surface area contributed by atoms with Crippen LogP contribution in [0.3, 0.4) is 0 Å². The normalized spacial score (nSPS) is 11.5. The number of hydrogen-bond donors (Lipinski definition) is 2. The van der Waals surface area contributed by atoms with E-state index in [0.717, 1.165) is 81.2 Å². The van der Waals surface area contributed by atoms with E-state index >= 15 is 0 Å². The topological polar surface area (TPSA) is 256 Å². The zero-order valence-electron chi connectivity index (χ0n) is 81.2. The lowest BCUT2D eigenvalue weighted by atomic mass is 9.91. The van der Waals surface area contributed by atoms with E-state index in [1.807, 2.05) is 134 Å². The first-order valence-electron chi connectivity index (χ1n) is 43.3. The second-order valence-electron chi connectivity index (χ2n) is 35.6. The molecule has 11 heterocycles. The highest BCUT2D eigenvalue weighted by Gasteiger charge is 2.35. The number of ether oxygens (including phenoxy) is 2. The Morgan fingerprint density at radius 3 is 1.27 bits per heavy atom. The first kappa shape index (κ1) is 116. The Hall–Kier alpha value is -11.4. The third-order valence-electron chi connectivity index (χ3n) is 18.2. The number of aryl methyl sites for hydroxylation is 1. The summed E-state index contributed by atoms with van der Waals surface area (Å²) < 4.78 is 119. The molecule has 19 nitrogen and oxygen atoms in total. The average Bonchev–Trinajstić information content (AvgIpc) is 0.813. The maximum atomic E-state index is 12.2. The van der Waals surface area contributed by atoms with Crippen LogP contribution in [0.4, 0.5) is 39.5 Å². The highest BCUT2D eigenvalue weighted by Crippen LogP contribution is 2.32. The van der Waals surface area contributed by atoms with Gasteiger partial charge in [0.05, 0.1) is 30.9 Å². The number of carbonyl (C=O) groups is 1. The van der Waals surface area contributed by atoms with Crippen LogP contribution in [0.5, 0.6) is 5.88 Å². The summed E-state index contributed by atoms with van der Waals surface area (Å²) in [5.41, 5.74) is 9.07. The van der Waals surface area contributed by atoms with Gasteiger partial charge in [-0.2, -0.15) is 39.5 Å². The smallest absolute Gasteiger partial charge is 0.433 e. The number of hydrogen-bond acceptors (Lipinski definition) is 18. The fourth-order valence-corrected chi connectivity index (χ4v) is 10.2. The summed E-state index contributed by atoms with van der Waals surface area (Å²) in [5, 5.41) is 11.0. The molecule has 0 amide bonds. The van der Waals surface area contributed by atoms with Crippen molar-refractivity contribution in [1.29, 1.82) is 0 Å². The minimum Gasteiger partial charge on any atom is -0.481 e. The van der Waals surface area contributed by atoms with Gasteiger partial charge in [-0.25, -0.2) is 49.7 Å². The summed E-state index contributed by atoms with van der Waals surface area (Å²) >= 11 is 5.61. The number of nitrogens with one attached hydrogen (secondary N) is 1. The standard InChI is InChI=1S/C13H15N.C12H17NO2.C10H15NO.2C9H10F3N.C9H13NO.C8H10ClN.C8H9F3N2.2C8H12N2.C8H11NO/c1-13(2,3)12-9-8-10-6-4-5-7-11(10)14-12;1-5-15-11(14)9-6-7-10(13-8-9)12(2,3)4;1-7(2)10-5-4-9(6-11-10)8(3)12;1-6(2)7-3-4-8(13-5-7)9(10,11)12;1-6(2)7-4-3-5-8(13-7)9(10,11)12;1-7(2)8-4-5-9(11-3)10-6-8;1-6(2)7-3-4-8(9)10-5-7;1-5(2)7-12-4-3-6(13-7)8(9,10)11;1-8(2,3)7-9-5-4-6-10-7;1-6(2)8-9-5-4-7(3)10-8;1-6(2)7-4-3-5-8(10)9-7/h4-9H,1-3H3;6-8H,5H2,1-4H3;4-8,12H,1-3H3;2*3-6H,1-2H3;4-7H,1-3H3;3-6H,1-2H3;3-5H,1-2H3;2*4-6H,1-3H3;3-6H,1-2H3,(H,9,10). The molecular weight excluding hydrogens is 1710 g/mol. The molecule has 0 radical (unpaired) electrons. The van der Waals surface area contributed by atoms with Crippen molar-refractivity contribution in [2.45, 2.75) is 282 Å². The van der Waals surface area contributed by atoms with Crippen LogP contribution >= 0.6 is 11.6 Å². The molecule has 0 aliphatic rings. The van der Waals surface area contributed by atoms with Gasteiger partial charge in [0.25, 0.3) is 0 Å². The lowest BCUT2D eigenvalue weighted by molar-refractivity contribution is -0.142. The number of para-hydroxylation sites is 1. The van der Waals surface area contributed by atoms with Crippen molar-refractivity contribution in [2.75, 3.05) is 13.7 Å². The van der Waals surface area contributed by atoms with E-state index < -0.39 is 41.7 Å². The number of esters is 1. The Morgan fingerprint density at radius 2 is 0.878 bits per heavy atom. The van der Waals surface area contributed by atoms with Crippen molar-refractivity contribution < 1.29 is 58.9 Å². The Balaban J connectivity index is 0.000000489. The first-order valence-corrected chi connectivity index (χ1v) is 43.7. The lowest BCUT2D eigenvalue weighted by Crippen LogP contribution is -2.14. The van der Waals surface area contributed by atoms with Crippen molar-refractivity contribution in [3.63, 3.8) is 0 Å². The predicted octanol–water partition coefficient (Wildman–Crippen LogP) is 27.7. The minimum atomic E-state index is -4.38. The summed E-state index contributed by atoms with van der Waals surface area (Å²) in [4.78, 5) is 76.7. The number of H-pyrrole nitrogens is 1. The fourth-order valence-electron chi connectivity index (χ4n) is 10.1. The van der Waals surface area contributed by atoms with Gasteiger partial charge in [0.15, 0.2) is 0 Å². The molecule has 12 aromatic rings. The van der Waals surface area contributed by atoms with E-state index in [2.05, 4.69) is 212 Å². The Kier molecular flexibility index (Phi) is 49.2. The third kappa shape index (κ3) is 45.8. The van der Waals surface area contributed by atoms with Crippen LogP contribution in [0, 0.1) is 6.92 Å². The SMILES string of the molecule is CC(C)(C)c1ccc2ccccc2n1.CC(C)(C)c1ncccn1.CC(C)c1ccc(C(C)O)cn1.CC(C)c1ccc(C(F)(F)F)nc1.CC(C)c1ccc(Cl)nc1.CC(C)c1cccc(=O)[nH]1.CC(C)c1cccc(C(F)(F)F)n1.CC(C)c1nccc(C(F)(F)F)n1.CCOC(=O)c1ccc(C(C)(C)C)nc1.COc1ccc(C(C)C)cn1.Cc1ccnc(C(C)C)n1. The van der Waals surface area contributed by atoms with Gasteiger partial charge in [-0.3, -0.25) is 24.7 Å². The van der Waals surface area contributed by atoms with Crippen molar-refractivity contribution in [3.8, 4) is 5.88 Å². The summed E-state index contributed by atoms with van der Waals surface area (Å²) in [6.07, 6.45) is 1.23. The number of pyridine rings is 8. The maximum Gasteiger partial charge on any atom is 0.433 e. The van der Waals surface area contributed by atoms with E-state index in [4.69, 9.17) is 21.1 Å².